The van der Waals surface area contributed by atoms with Crippen molar-refractivity contribution in [2.24, 2.45) is 17.1 Å². The number of likely N-dealkylation sites (tertiary alicyclic amines) is 1. The van der Waals surface area contributed by atoms with Crippen LogP contribution in [0.1, 0.15) is 19.3 Å². The van der Waals surface area contributed by atoms with Crippen molar-refractivity contribution in [1.82, 2.24) is 10.2 Å². The van der Waals surface area contributed by atoms with Crippen molar-refractivity contribution in [2.75, 3.05) is 32.8 Å². The van der Waals surface area contributed by atoms with E-state index in [0.29, 0.717) is 39.3 Å². The van der Waals surface area contributed by atoms with Crippen LogP contribution in [0.3, 0.4) is 0 Å². The molecule has 3 fully saturated rings. The van der Waals surface area contributed by atoms with E-state index >= 15 is 0 Å². The van der Waals surface area contributed by atoms with Crippen LogP contribution in [0, 0.1) is 11.3 Å². The van der Waals surface area contributed by atoms with Gasteiger partial charge in [-0.05, 0) is 19.3 Å². The molecule has 3 saturated heterocycles. The van der Waals surface area contributed by atoms with Crippen molar-refractivity contribution in [3.63, 3.8) is 0 Å². The van der Waals surface area contributed by atoms with Gasteiger partial charge in [-0.2, -0.15) is 0 Å². The van der Waals surface area contributed by atoms with E-state index in [2.05, 4.69) is 5.32 Å². The lowest BCUT2D eigenvalue weighted by molar-refractivity contribution is -0.200. The summed E-state index contributed by atoms with van der Waals surface area (Å²) in [6.07, 6.45) is 0.811. The summed E-state index contributed by atoms with van der Waals surface area (Å²) in [5, 5.41) is 12.9. The summed E-state index contributed by atoms with van der Waals surface area (Å²) >= 11 is 0. The Balaban J connectivity index is 1.48. The Bertz CT molecular complexity index is 430. The predicted octanol–water partition coefficient (Wildman–Crippen LogP) is -1.55. The molecule has 0 aromatic rings. The lowest BCUT2D eigenvalue weighted by Crippen LogP contribution is -2.69. The molecular weight excluding hydrogens is 274 g/mol. The molecule has 3 rings (SSSR count). The van der Waals surface area contributed by atoms with Crippen LogP contribution < -0.4 is 11.1 Å². The highest BCUT2D eigenvalue weighted by Gasteiger charge is 2.51. The van der Waals surface area contributed by atoms with Crippen LogP contribution in [-0.2, 0) is 14.3 Å². The van der Waals surface area contributed by atoms with E-state index in [1.807, 2.05) is 0 Å². The van der Waals surface area contributed by atoms with Crippen molar-refractivity contribution < 1.29 is 19.4 Å². The van der Waals surface area contributed by atoms with Gasteiger partial charge in [0, 0.05) is 31.6 Å². The summed E-state index contributed by atoms with van der Waals surface area (Å²) in [6.45, 7) is 3.37. The number of ether oxygens (including phenoxy) is 1. The van der Waals surface area contributed by atoms with Crippen LogP contribution in [-0.4, -0.2) is 66.8 Å². The molecule has 0 radical (unpaired) electrons. The molecule has 118 valence electrons. The Labute approximate surface area is 123 Å². The first kappa shape index (κ1) is 14.7. The van der Waals surface area contributed by atoms with Crippen LogP contribution in [0.15, 0.2) is 0 Å². The number of carbonyl (C=O) groups is 2. The fourth-order valence-electron chi connectivity index (χ4n) is 3.38. The molecule has 3 heterocycles. The normalized spacial score (nSPS) is 30.1. The van der Waals surface area contributed by atoms with Gasteiger partial charge < -0.3 is 25.8 Å². The van der Waals surface area contributed by atoms with E-state index in [0.717, 1.165) is 12.8 Å². The molecule has 3 aliphatic rings. The van der Waals surface area contributed by atoms with E-state index in [4.69, 9.17) is 10.5 Å². The Morgan fingerprint density at radius 1 is 1.52 bits per heavy atom. The third kappa shape index (κ3) is 2.77. The number of hydrogen-bond acceptors (Lipinski definition) is 5. The standard InChI is InChI=1S/C14H23N3O4/c15-10(4-9-2-1-3-16-12(9)19)11(18)13(20)17-5-14(6-17)7-21-8-14/h9-11,18H,1-8,15H2,(H,16,19)/t9-,10-,11?/m0/s1. The molecule has 3 atom stereocenters. The lowest BCUT2D eigenvalue weighted by Gasteiger charge is -2.55. The van der Waals surface area contributed by atoms with Gasteiger partial charge in [0.2, 0.25) is 5.91 Å². The molecule has 1 spiro atoms. The zero-order valence-electron chi connectivity index (χ0n) is 12.1. The smallest absolute Gasteiger partial charge is 0.253 e. The third-order valence-electron chi connectivity index (χ3n) is 4.80. The molecule has 4 N–H and O–H groups in total. The van der Waals surface area contributed by atoms with Gasteiger partial charge in [0.15, 0.2) is 0 Å². The Morgan fingerprint density at radius 3 is 2.81 bits per heavy atom. The molecule has 0 aromatic carbocycles. The lowest BCUT2D eigenvalue weighted by atomic mass is 9.77. The molecule has 0 aliphatic carbocycles. The second kappa shape index (κ2) is 5.55. The number of aliphatic hydroxyl groups is 1. The van der Waals surface area contributed by atoms with Crippen LogP contribution in [0.25, 0.3) is 0 Å². The number of nitrogens with one attached hydrogen (secondary N) is 1. The van der Waals surface area contributed by atoms with Gasteiger partial charge >= 0.3 is 0 Å². The van der Waals surface area contributed by atoms with Gasteiger partial charge in [-0.15, -0.1) is 0 Å². The van der Waals surface area contributed by atoms with Crippen LogP contribution in [0.4, 0.5) is 0 Å². The fourth-order valence-corrected chi connectivity index (χ4v) is 3.38. The summed E-state index contributed by atoms with van der Waals surface area (Å²) in [6, 6.07) is -0.694. The summed E-state index contributed by atoms with van der Waals surface area (Å²) in [7, 11) is 0. The van der Waals surface area contributed by atoms with Crippen LogP contribution in [0.5, 0.6) is 0 Å². The summed E-state index contributed by atoms with van der Waals surface area (Å²) in [4.78, 5) is 25.5. The van der Waals surface area contributed by atoms with Gasteiger partial charge in [-0.1, -0.05) is 0 Å². The maximum absolute atomic E-state index is 12.2. The molecule has 0 aromatic heterocycles. The minimum Gasteiger partial charge on any atom is -0.382 e. The van der Waals surface area contributed by atoms with Crippen molar-refractivity contribution in [1.29, 1.82) is 0 Å². The number of nitrogens with zero attached hydrogens (tertiary/aromatic N) is 1. The van der Waals surface area contributed by atoms with Gasteiger partial charge in [0.25, 0.3) is 5.91 Å². The van der Waals surface area contributed by atoms with E-state index < -0.39 is 12.1 Å². The number of aliphatic hydroxyl groups excluding tert-OH is 1. The number of hydrogen-bond donors (Lipinski definition) is 3. The second-order valence-electron chi connectivity index (χ2n) is 6.66. The topological polar surface area (TPSA) is 105 Å². The number of amides is 2. The zero-order valence-corrected chi connectivity index (χ0v) is 12.1. The molecule has 3 aliphatic heterocycles. The van der Waals surface area contributed by atoms with E-state index in [9.17, 15) is 14.7 Å². The monoisotopic (exact) mass is 297 g/mol. The average Bonchev–Trinajstić information content (AvgIpc) is 2.37. The number of piperidine rings is 1. The maximum atomic E-state index is 12.2. The van der Waals surface area contributed by atoms with E-state index in [1.54, 1.807) is 4.90 Å². The largest absolute Gasteiger partial charge is 0.382 e. The predicted molar refractivity (Wildman–Crippen MR) is 74.2 cm³/mol. The highest BCUT2D eigenvalue weighted by molar-refractivity contribution is 5.83. The van der Waals surface area contributed by atoms with Gasteiger partial charge in [-0.3, -0.25) is 9.59 Å². The molecule has 0 saturated carbocycles. The number of nitrogens with two attached hydrogens (primary N) is 1. The summed E-state index contributed by atoms with van der Waals surface area (Å²) in [5.74, 6) is -0.541. The second-order valence-corrected chi connectivity index (χ2v) is 6.66. The first-order chi connectivity index (χ1) is 10.0. The SMILES string of the molecule is N[C@@H](C[C@@H]1CCCNC1=O)C(O)C(=O)N1CC2(COC2)C1. The molecule has 0 bridgehead atoms. The van der Waals surface area contributed by atoms with Crippen molar-refractivity contribution in [3.05, 3.63) is 0 Å². The minimum atomic E-state index is -1.22. The first-order valence-electron chi connectivity index (χ1n) is 7.59. The summed E-state index contributed by atoms with van der Waals surface area (Å²) < 4.78 is 5.16. The van der Waals surface area contributed by atoms with Gasteiger partial charge in [-0.25, -0.2) is 0 Å². The van der Waals surface area contributed by atoms with Gasteiger partial charge in [0.05, 0.1) is 18.6 Å². The minimum absolute atomic E-state index is 0.0223. The van der Waals surface area contributed by atoms with Crippen molar-refractivity contribution >= 4 is 11.8 Å². The van der Waals surface area contributed by atoms with Gasteiger partial charge in [0.1, 0.15) is 6.10 Å². The first-order valence-corrected chi connectivity index (χ1v) is 7.59. The maximum Gasteiger partial charge on any atom is 0.253 e. The molecule has 7 heteroatoms. The Hall–Kier alpha value is -1.18. The number of carbonyl (C=O) groups excluding carboxylic acids is 2. The zero-order chi connectivity index (χ0) is 15.0. The van der Waals surface area contributed by atoms with Crippen LogP contribution >= 0.6 is 0 Å². The highest BCUT2D eigenvalue weighted by atomic mass is 16.5. The average molecular weight is 297 g/mol. The van der Waals surface area contributed by atoms with E-state index in [1.165, 1.54) is 0 Å². The quantitative estimate of drug-likeness (QED) is 0.583. The molecule has 1 unspecified atom stereocenters. The fraction of sp³-hybridized carbons (Fsp3) is 0.857. The highest BCUT2D eigenvalue weighted by Crippen LogP contribution is 2.37. The third-order valence-corrected chi connectivity index (χ3v) is 4.80. The Kier molecular flexibility index (Phi) is 3.90. The molecule has 21 heavy (non-hydrogen) atoms. The molecular formula is C14H23N3O4. The van der Waals surface area contributed by atoms with E-state index in [-0.39, 0.29) is 23.1 Å². The summed E-state index contributed by atoms with van der Waals surface area (Å²) in [5.41, 5.74) is 6.07. The molecule has 2 amide bonds. The van der Waals surface area contributed by atoms with Crippen LogP contribution in [0.2, 0.25) is 0 Å². The van der Waals surface area contributed by atoms with Crippen molar-refractivity contribution in [2.45, 2.75) is 31.4 Å². The van der Waals surface area contributed by atoms with Crippen molar-refractivity contribution in [3.8, 4) is 0 Å². The molecule has 7 nitrogen and oxygen atoms in total. The Morgan fingerprint density at radius 2 is 2.24 bits per heavy atom. The number of rotatable bonds is 4.